The van der Waals surface area contributed by atoms with Gasteiger partial charge < -0.3 is 4.18 Å². The lowest BCUT2D eigenvalue weighted by atomic mass is 10.2. The van der Waals surface area contributed by atoms with Gasteiger partial charge in [-0.2, -0.15) is 13.5 Å². The van der Waals surface area contributed by atoms with E-state index in [1.54, 1.807) is 36.4 Å². The van der Waals surface area contributed by atoms with Gasteiger partial charge in [0.1, 0.15) is 4.90 Å². The maximum absolute atomic E-state index is 12.6. The summed E-state index contributed by atoms with van der Waals surface area (Å²) < 4.78 is 30.6. The van der Waals surface area contributed by atoms with Crippen molar-refractivity contribution in [1.82, 2.24) is 4.98 Å². The summed E-state index contributed by atoms with van der Waals surface area (Å²) in [6, 6.07) is 23.2. The first-order chi connectivity index (χ1) is 15.0. The molecule has 4 aromatic rings. The fourth-order valence-electron chi connectivity index (χ4n) is 2.76. The van der Waals surface area contributed by atoms with Crippen LogP contribution in [0, 0.1) is 6.92 Å². The Bertz CT molecular complexity index is 1300. The molecule has 0 atom stereocenters. The van der Waals surface area contributed by atoms with Gasteiger partial charge in [0.05, 0.1) is 11.9 Å². The van der Waals surface area contributed by atoms with Crippen molar-refractivity contribution in [1.29, 1.82) is 0 Å². The molecule has 1 N–H and O–H groups in total. The number of aryl methyl sites for hydroxylation is 1. The maximum Gasteiger partial charge on any atom is 0.339 e. The number of nitrogens with zero attached hydrogens (tertiary/aromatic N) is 2. The zero-order valence-corrected chi connectivity index (χ0v) is 18.2. The van der Waals surface area contributed by atoms with Gasteiger partial charge in [-0.05, 0) is 31.2 Å². The molecule has 8 heteroatoms. The predicted octanol–water partition coefficient (Wildman–Crippen LogP) is 5.33. The third-order valence-corrected chi connectivity index (χ3v) is 6.36. The topological polar surface area (TPSA) is 80.7 Å². The smallest absolute Gasteiger partial charge is 0.339 e. The lowest BCUT2D eigenvalue weighted by Gasteiger charge is -2.09. The molecule has 156 valence electrons. The number of hydrazone groups is 1. The minimum atomic E-state index is -3.95. The highest BCUT2D eigenvalue weighted by molar-refractivity contribution is 7.87. The zero-order valence-electron chi connectivity index (χ0n) is 16.6. The molecule has 1 aromatic heterocycles. The molecule has 0 unspecified atom stereocenters. The van der Waals surface area contributed by atoms with Gasteiger partial charge in [-0.1, -0.05) is 60.2 Å². The summed E-state index contributed by atoms with van der Waals surface area (Å²) in [6.45, 7) is 1.89. The van der Waals surface area contributed by atoms with Gasteiger partial charge in [0.25, 0.3) is 0 Å². The number of nitrogens with one attached hydrogen (secondary N) is 1. The molecule has 0 saturated heterocycles. The van der Waals surface area contributed by atoms with E-state index in [1.165, 1.54) is 29.7 Å². The fourth-order valence-corrected chi connectivity index (χ4v) is 4.38. The number of thiazole rings is 1. The lowest BCUT2D eigenvalue weighted by molar-refractivity contribution is 0.485. The Balaban J connectivity index is 1.48. The molecule has 0 bridgehead atoms. The molecule has 0 saturated carbocycles. The van der Waals surface area contributed by atoms with Crippen LogP contribution in [0.1, 0.15) is 11.1 Å². The average molecular weight is 450 g/mol. The molecule has 6 nitrogen and oxygen atoms in total. The van der Waals surface area contributed by atoms with E-state index in [9.17, 15) is 8.42 Å². The van der Waals surface area contributed by atoms with Crippen LogP contribution in [0.25, 0.3) is 11.3 Å². The summed E-state index contributed by atoms with van der Waals surface area (Å²) >= 11 is 1.43. The van der Waals surface area contributed by atoms with Gasteiger partial charge in [-0.15, -0.1) is 11.3 Å². The van der Waals surface area contributed by atoms with Gasteiger partial charge in [0, 0.05) is 16.5 Å². The van der Waals surface area contributed by atoms with Crippen molar-refractivity contribution >= 4 is 32.8 Å². The molecule has 0 aliphatic heterocycles. The van der Waals surface area contributed by atoms with E-state index in [2.05, 4.69) is 15.5 Å². The molecule has 31 heavy (non-hydrogen) atoms. The Hall–Kier alpha value is -3.49. The highest BCUT2D eigenvalue weighted by atomic mass is 32.2. The second-order valence-corrected chi connectivity index (χ2v) is 9.07. The number of hydrogen-bond acceptors (Lipinski definition) is 7. The maximum atomic E-state index is 12.6. The minimum Gasteiger partial charge on any atom is -0.378 e. The standard InChI is InChI=1S/C23H19N3O3S2/c1-17-11-13-20(14-12-17)31(27,28)29-22-10-6-5-9-19(22)15-24-26-23-25-21(16-30-23)18-7-3-2-4-8-18/h2-16H,1H3,(H,25,26)/b24-15-. The highest BCUT2D eigenvalue weighted by Gasteiger charge is 2.17. The van der Waals surface area contributed by atoms with Gasteiger partial charge in [0.2, 0.25) is 5.13 Å². The monoisotopic (exact) mass is 449 g/mol. The zero-order chi connectivity index (χ0) is 21.7. The molecule has 1 heterocycles. The van der Waals surface area contributed by atoms with E-state index in [4.69, 9.17) is 4.18 Å². The SMILES string of the molecule is Cc1ccc(S(=O)(=O)Oc2ccccc2/C=N\Nc2nc(-c3ccccc3)cs2)cc1. The summed E-state index contributed by atoms with van der Waals surface area (Å²) in [6.07, 6.45) is 1.50. The summed E-state index contributed by atoms with van der Waals surface area (Å²) in [5.41, 5.74) is 6.25. The van der Waals surface area contributed by atoms with Crippen molar-refractivity contribution in [2.45, 2.75) is 11.8 Å². The first-order valence-electron chi connectivity index (χ1n) is 9.41. The van der Waals surface area contributed by atoms with Gasteiger partial charge in [-0.3, -0.25) is 5.43 Å². The lowest BCUT2D eigenvalue weighted by Crippen LogP contribution is -2.11. The fraction of sp³-hybridized carbons (Fsp3) is 0.0435. The van der Waals surface area contributed by atoms with E-state index in [0.717, 1.165) is 16.8 Å². The van der Waals surface area contributed by atoms with Crippen molar-refractivity contribution in [2.24, 2.45) is 5.10 Å². The predicted molar refractivity (Wildman–Crippen MR) is 124 cm³/mol. The van der Waals surface area contributed by atoms with Crippen LogP contribution in [0.5, 0.6) is 5.75 Å². The average Bonchev–Trinajstić information content (AvgIpc) is 3.25. The minimum absolute atomic E-state index is 0.0965. The second kappa shape index (κ2) is 9.11. The Kier molecular flexibility index (Phi) is 6.11. The number of anilines is 1. The molecular formula is C23H19N3O3S2. The largest absolute Gasteiger partial charge is 0.378 e. The molecule has 0 radical (unpaired) electrons. The summed E-state index contributed by atoms with van der Waals surface area (Å²) in [5, 5.41) is 6.76. The highest BCUT2D eigenvalue weighted by Crippen LogP contribution is 2.25. The van der Waals surface area contributed by atoms with E-state index in [0.29, 0.717) is 10.7 Å². The summed E-state index contributed by atoms with van der Waals surface area (Å²) in [7, 11) is -3.95. The molecule has 0 aliphatic carbocycles. The molecule has 0 spiro atoms. The Morgan fingerprint density at radius 1 is 0.968 bits per heavy atom. The first-order valence-corrected chi connectivity index (χ1v) is 11.7. The first kappa shape index (κ1) is 20.8. The quantitative estimate of drug-likeness (QED) is 0.234. The van der Waals surface area contributed by atoms with Gasteiger partial charge in [0.15, 0.2) is 5.75 Å². The van der Waals surface area contributed by atoms with Crippen LogP contribution in [-0.4, -0.2) is 19.6 Å². The van der Waals surface area contributed by atoms with Crippen LogP contribution in [0.2, 0.25) is 0 Å². The van der Waals surface area contributed by atoms with Crippen LogP contribution in [0.15, 0.2) is 94.2 Å². The molecule has 0 fully saturated rings. The number of rotatable bonds is 7. The normalized spacial score (nSPS) is 11.5. The van der Waals surface area contributed by atoms with E-state index in [-0.39, 0.29) is 10.6 Å². The number of aromatic nitrogens is 1. The third-order valence-electron chi connectivity index (χ3n) is 4.37. The van der Waals surface area contributed by atoms with Crippen LogP contribution in [0.3, 0.4) is 0 Å². The second-order valence-electron chi connectivity index (χ2n) is 6.66. The van der Waals surface area contributed by atoms with E-state index in [1.807, 2.05) is 42.6 Å². The van der Waals surface area contributed by atoms with Crippen molar-refractivity contribution < 1.29 is 12.6 Å². The van der Waals surface area contributed by atoms with Crippen molar-refractivity contribution in [3.8, 4) is 17.0 Å². The van der Waals surface area contributed by atoms with Gasteiger partial charge in [-0.25, -0.2) is 4.98 Å². The summed E-state index contributed by atoms with van der Waals surface area (Å²) in [4.78, 5) is 4.60. The third kappa shape index (κ3) is 5.17. The van der Waals surface area contributed by atoms with Gasteiger partial charge >= 0.3 is 10.1 Å². The van der Waals surface area contributed by atoms with Crippen LogP contribution in [0.4, 0.5) is 5.13 Å². The molecule has 0 aliphatic rings. The molecule has 4 rings (SSSR count). The molecule has 3 aromatic carbocycles. The number of benzene rings is 3. The summed E-state index contributed by atoms with van der Waals surface area (Å²) in [5.74, 6) is 0.192. The molecule has 0 amide bonds. The van der Waals surface area contributed by atoms with Crippen LogP contribution < -0.4 is 9.61 Å². The Morgan fingerprint density at radius 2 is 1.68 bits per heavy atom. The van der Waals surface area contributed by atoms with Crippen LogP contribution >= 0.6 is 11.3 Å². The Morgan fingerprint density at radius 3 is 2.45 bits per heavy atom. The van der Waals surface area contributed by atoms with Crippen molar-refractivity contribution in [3.05, 3.63) is 95.4 Å². The van der Waals surface area contributed by atoms with Crippen molar-refractivity contribution in [2.75, 3.05) is 5.43 Å². The van der Waals surface area contributed by atoms with E-state index >= 15 is 0 Å². The van der Waals surface area contributed by atoms with E-state index < -0.39 is 10.1 Å². The number of hydrogen-bond donors (Lipinski definition) is 1. The molecular weight excluding hydrogens is 430 g/mol. The van der Waals surface area contributed by atoms with Crippen LogP contribution in [-0.2, 0) is 10.1 Å². The number of para-hydroxylation sites is 1. The Labute approximate surface area is 185 Å². The van der Waals surface area contributed by atoms with Crippen molar-refractivity contribution in [3.63, 3.8) is 0 Å².